The Morgan fingerprint density at radius 2 is 1.00 bits per heavy atom. The number of rotatable bonds is 2. The van der Waals surface area contributed by atoms with E-state index in [2.05, 4.69) is 45.2 Å². The lowest BCUT2D eigenvalue weighted by molar-refractivity contribution is 0.415. The first-order chi connectivity index (χ1) is 15.7. The number of ether oxygens (including phenoxy) is 2. The molecule has 154 valence electrons. The molecule has 0 amide bonds. The molecule has 0 N–H and O–H groups in total. The van der Waals surface area contributed by atoms with Crippen LogP contribution in [-0.4, -0.2) is 33.0 Å². The maximum absolute atomic E-state index is 5.51. The molecule has 4 aromatic heterocycles. The number of nitrogens with zero attached hydrogens (tertiary/aromatic N) is 4. The Labute approximate surface area is 182 Å². The number of fused-ring (bicyclic) bond motifs is 11. The minimum atomic E-state index is 0.805. The first-order valence-electron chi connectivity index (χ1n) is 10.4. The van der Waals surface area contributed by atoms with Crippen LogP contribution in [0.2, 0.25) is 0 Å². The van der Waals surface area contributed by atoms with Gasteiger partial charge in [0.1, 0.15) is 22.8 Å². The summed E-state index contributed by atoms with van der Waals surface area (Å²) in [5.41, 5.74) is 7.85. The molecule has 7 rings (SSSR count). The highest BCUT2D eigenvalue weighted by Gasteiger charge is 2.16. The second-order valence-electron chi connectivity index (χ2n) is 7.93. The second kappa shape index (κ2) is 6.11. The molecular formula is C26H18N4O2. The van der Waals surface area contributed by atoms with Gasteiger partial charge in [0.2, 0.25) is 0 Å². The van der Waals surface area contributed by atoms with E-state index in [1.807, 2.05) is 36.4 Å². The van der Waals surface area contributed by atoms with Gasteiger partial charge in [-0.1, -0.05) is 12.1 Å². The summed E-state index contributed by atoms with van der Waals surface area (Å²) in [6.07, 6.45) is 0. The van der Waals surface area contributed by atoms with Gasteiger partial charge in [0.05, 0.1) is 47.3 Å². The van der Waals surface area contributed by atoms with E-state index in [4.69, 9.17) is 19.4 Å². The number of methoxy groups -OCH3 is 2. The average molecular weight is 418 g/mol. The third-order valence-corrected chi connectivity index (χ3v) is 6.26. The van der Waals surface area contributed by atoms with Gasteiger partial charge >= 0.3 is 0 Å². The molecule has 0 radical (unpaired) electrons. The van der Waals surface area contributed by atoms with Crippen LogP contribution in [0, 0.1) is 0 Å². The van der Waals surface area contributed by atoms with E-state index in [0.717, 1.165) is 66.7 Å². The summed E-state index contributed by atoms with van der Waals surface area (Å²) in [7, 11) is 3.37. The molecule has 0 saturated carbocycles. The van der Waals surface area contributed by atoms with Gasteiger partial charge in [-0.2, -0.15) is 0 Å². The Bertz CT molecular complexity index is 1730. The molecule has 7 aromatic rings. The van der Waals surface area contributed by atoms with Gasteiger partial charge < -0.3 is 9.47 Å². The zero-order valence-electron chi connectivity index (χ0n) is 17.5. The van der Waals surface area contributed by atoms with Crippen LogP contribution in [0.15, 0.2) is 72.8 Å². The summed E-state index contributed by atoms with van der Waals surface area (Å²) < 4.78 is 15.5. The maximum Gasteiger partial charge on any atom is 0.138 e. The van der Waals surface area contributed by atoms with Crippen LogP contribution >= 0.6 is 0 Å². The number of hydrogen-bond acceptors (Lipinski definition) is 4. The summed E-state index contributed by atoms with van der Waals surface area (Å²) in [5.74, 6) is 1.61. The molecule has 0 aliphatic rings. The largest absolute Gasteiger partial charge is 0.497 e. The van der Waals surface area contributed by atoms with Gasteiger partial charge in [-0.05, 0) is 48.5 Å². The predicted octanol–water partition coefficient (Wildman–Crippen LogP) is 5.61. The van der Waals surface area contributed by atoms with Crippen molar-refractivity contribution < 1.29 is 9.47 Å². The molecule has 3 aromatic carbocycles. The zero-order valence-corrected chi connectivity index (χ0v) is 17.5. The number of aromatic nitrogens is 4. The first kappa shape index (κ1) is 17.4. The van der Waals surface area contributed by atoms with Gasteiger partial charge in [-0.25, -0.2) is 9.97 Å². The van der Waals surface area contributed by atoms with Gasteiger partial charge in [0.15, 0.2) is 0 Å². The molecule has 0 unspecified atom stereocenters. The molecule has 0 spiro atoms. The molecule has 6 nitrogen and oxygen atoms in total. The molecule has 32 heavy (non-hydrogen) atoms. The Kier molecular flexibility index (Phi) is 3.31. The third kappa shape index (κ3) is 2.18. The van der Waals surface area contributed by atoms with Crippen molar-refractivity contribution in [1.29, 1.82) is 0 Å². The van der Waals surface area contributed by atoms with Crippen molar-refractivity contribution in [1.82, 2.24) is 18.8 Å². The van der Waals surface area contributed by atoms with Crippen LogP contribution in [0.1, 0.15) is 0 Å². The molecule has 0 aliphatic heterocycles. The minimum Gasteiger partial charge on any atom is -0.497 e. The number of pyridine rings is 2. The highest BCUT2D eigenvalue weighted by atomic mass is 16.5. The average Bonchev–Trinajstić information content (AvgIpc) is 3.40. The van der Waals surface area contributed by atoms with Crippen LogP contribution < -0.4 is 9.47 Å². The van der Waals surface area contributed by atoms with E-state index in [1.165, 1.54) is 0 Å². The van der Waals surface area contributed by atoms with E-state index in [-0.39, 0.29) is 0 Å². The second-order valence-corrected chi connectivity index (χ2v) is 7.93. The van der Waals surface area contributed by atoms with E-state index in [9.17, 15) is 0 Å². The summed E-state index contributed by atoms with van der Waals surface area (Å²) in [4.78, 5) is 9.73. The van der Waals surface area contributed by atoms with Gasteiger partial charge in [-0.3, -0.25) is 8.80 Å². The van der Waals surface area contributed by atoms with Crippen LogP contribution in [0.4, 0.5) is 0 Å². The van der Waals surface area contributed by atoms with E-state index < -0.39 is 0 Å². The normalized spacial score (nSPS) is 12.1. The fraction of sp³-hybridized carbons (Fsp3) is 0.0769. The Hall–Kier alpha value is -4.32. The molecule has 4 heterocycles. The summed E-state index contributed by atoms with van der Waals surface area (Å²) >= 11 is 0. The highest BCUT2D eigenvalue weighted by Crippen LogP contribution is 2.33. The van der Waals surface area contributed by atoms with Crippen molar-refractivity contribution in [2.75, 3.05) is 14.2 Å². The van der Waals surface area contributed by atoms with Crippen molar-refractivity contribution in [3.8, 4) is 11.5 Å². The molecule has 6 heteroatoms. The Morgan fingerprint density at radius 3 is 1.44 bits per heavy atom. The van der Waals surface area contributed by atoms with E-state index in [1.54, 1.807) is 14.2 Å². The summed E-state index contributed by atoms with van der Waals surface area (Å²) in [5, 5.41) is 2.26. The number of imidazole rings is 2. The number of benzene rings is 3. The van der Waals surface area contributed by atoms with Gasteiger partial charge in [0.25, 0.3) is 0 Å². The quantitative estimate of drug-likeness (QED) is 0.342. The van der Waals surface area contributed by atoms with Crippen molar-refractivity contribution in [3.05, 3.63) is 72.8 Å². The SMILES string of the molecule is COc1ccc2nc3ccc4ccc5ccc6nc7ccc(OC)cc7n6c5c4n3c2c1. The molecule has 0 atom stereocenters. The first-order valence-corrected chi connectivity index (χ1v) is 10.4. The smallest absolute Gasteiger partial charge is 0.138 e. The van der Waals surface area contributed by atoms with Crippen LogP contribution in [0.3, 0.4) is 0 Å². The van der Waals surface area contributed by atoms with Crippen molar-refractivity contribution in [2.45, 2.75) is 0 Å². The molecule has 0 aliphatic carbocycles. The molecule has 0 bridgehead atoms. The molecule has 0 fully saturated rings. The van der Waals surface area contributed by atoms with Crippen LogP contribution in [0.25, 0.3) is 55.2 Å². The lowest BCUT2D eigenvalue weighted by atomic mass is 10.1. The van der Waals surface area contributed by atoms with Crippen LogP contribution in [0.5, 0.6) is 11.5 Å². The molecular weight excluding hydrogens is 400 g/mol. The summed E-state index contributed by atoms with van der Waals surface area (Å²) in [6, 6.07) is 24.7. The Balaban J connectivity index is 1.80. The lowest BCUT2D eigenvalue weighted by Crippen LogP contribution is -1.96. The monoisotopic (exact) mass is 418 g/mol. The Morgan fingerprint density at radius 1 is 0.562 bits per heavy atom. The lowest BCUT2D eigenvalue weighted by Gasteiger charge is -2.11. The maximum atomic E-state index is 5.51. The van der Waals surface area contributed by atoms with Gasteiger partial charge in [-0.15, -0.1) is 0 Å². The summed E-state index contributed by atoms with van der Waals surface area (Å²) in [6.45, 7) is 0. The fourth-order valence-electron chi connectivity index (χ4n) is 4.77. The predicted molar refractivity (Wildman–Crippen MR) is 127 cm³/mol. The van der Waals surface area contributed by atoms with Gasteiger partial charge in [0, 0.05) is 22.9 Å². The highest BCUT2D eigenvalue weighted by molar-refractivity contribution is 6.08. The van der Waals surface area contributed by atoms with E-state index >= 15 is 0 Å². The third-order valence-electron chi connectivity index (χ3n) is 6.26. The van der Waals surface area contributed by atoms with Crippen molar-refractivity contribution >= 4 is 55.2 Å². The zero-order chi connectivity index (χ0) is 21.4. The fourth-order valence-corrected chi connectivity index (χ4v) is 4.77. The topological polar surface area (TPSA) is 53.1 Å². The van der Waals surface area contributed by atoms with Crippen LogP contribution in [-0.2, 0) is 0 Å². The van der Waals surface area contributed by atoms with E-state index in [0.29, 0.717) is 0 Å². The minimum absolute atomic E-state index is 0.805. The number of hydrogen-bond donors (Lipinski definition) is 0. The van der Waals surface area contributed by atoms with Crippen molar-refractivity contribution in [2.24, 2.45) is 0 Å². The standard InChI is InChI=1S/C26H18N4O2/c1-31-17-7-9-19-21(13-17)29-23(27-19)11-5-15-3-4-16-6-12-24-28-20-10-8-18(32-2)14-22(20)30(24)26(16)25(15)29/h3-14H,1-2H3. The molecule has 0 saturated heterocycles. The van der Waals surface area contributed by atoms with Crippen molar-refractivity contribution in [3.63, 3.8) is 0 Å².